The number of fused-ring (bicyclic) bond motifs is 1. The van der Waals surface area contributed by atoms with E-state index in [1.54, 1.807) is 12.1 Å². The highest BCUT2D eigenvalue weighted by Gasteiger charge is 2.25. The van der Waals surface area contributed by atoms with Crippen LogP contribution in [0.5, 0.6) is 11.5 Å². The van der Waals surface area contributed by atoms with Crippen LogP contribution in [0.1, 0.15) is 29.9 Å². The highest BCUT2D eigenvalue weighted by molar-refractivity contribution is 6.32. The Morgan fingerprint density at radius 3 is 2.60 bits per heavy atom. The van der Waals surface area contributed by atoms with Gasteiger partial charge in [0.15, 0.2) is 5.76 Å². The van der Waals surface area contributed by atoms with Crippen LogP contribution in [-0.4, -0.2) is 41.3 Å². The molecule has 30 heavy (non-hydrogen) atoms. The second kappa shape index (κ2) is 8.30. The van der Waals surface area contributed by atoms with Crippen LogP contribution in [0.2, 0.25) is 5.02 Å². The van der Waals surface area contributed by atoms with Crippen LogP contribution < -0.4 is 11.2 Å². The number of hydrogen-bond acceptors (Lipinski definition) is 6. The zero-order valence-electron chi connectivity index (χ0n) is 16.8. The van der Waals surface area contributed by atoms with Crippen LogP contribution in [0.3, 0.4) is 0 Å². The number of aryl methyl sites for hydroxylation is 1. The van der Waals surface area contributed by atoms with Gasteiger partial charge in [0.25, 0.3) is 0 Å². The average Bonchev–Trinajstić information content (AvgIpc) is 2.73. The maximum absolute atomic E-state index is 13.0. The van der Waals surface area contributed by atoms with Gasteiger partial charge in [-0.2, -0.15) is 0 Å². The number of likely N-dealkylation sites (tertiary alicyclic amines) is 1. The van der Waals surface area contributed by atoms with Crippen molar-refractivity contribution in [3.05, 3.63) is 56.7 Å². The molecule has 158 valence electrons. The monoisotopic (exact) mass is 428 g/mol. The van der Waals surface area contributed by atoms with Crippen molar-refractivity contribution in [3.63, 3.8) is 0 Å². The summed E-state index contributed by atoms with van der Waals surface area (Å²) in [5.41, 5.74) is 8.08. The first-order valence-electron chi connectivity index (χ1n) is 10.1. The predicted molar refractivity (Wildman–Crippen MR) is 118 cm³/mol. The zero-order valence-corrected chi connectivity index (χ0v) is 17.6. The molecule has 4 rings (SSSR count). The van der Waals surface area contributed by atoms with E-state index in [1.165, 1.54) is 12.1 Å². The molecule has 0 spiro atoms. The lowest BCUT2D eigenvalue weighted by Gasteiger charge is -2.32. The molecular weight excluding hydrogens is 404 g/mol. The van der Waals surface area contributed by atoms with E-state index < -0.39 is 11.2 Å². The number of piperidine rings is 1. The smallest absolute Gasteiger partial charge is 0.235 e. The van der Waals surface area contributed by atoms with E-state index in [-0.39, 0.29) is 22.5 Å². The molecule has 2 heterocycles. The van der Waals surface area contributed by atoms with Gasteiger partial charge in [0.05, 0.1) is 10.4 Å². The summed E-state index contributed by atoms with van der Waals surface area (Å²) in [6.07, 6.45) is 1.90. The van der Waals surface area contributed by atoms with Crippen LogP contribution in [0.25, 0.3) is 22.3 Å². The predicted octanol–water partition coefficient (Wildman–Crippen LogP) is 3.97. The normalized spacial score (nSPS) is 15.7. The maximum atomic E-state index is 13.0. The van der Waals surface area contributed by atoms with Gasteiger partial charge in [0.2, 0.25) is 11.2 Å². The van der Waals surface area contributed by atoms with Crippen LogP contribution in [0.15, 0.2) is 39.5 Å². The first-order chi connectivity index (χ1) is 14.4. The highest BCUT2D eigenvalue weighted by Crippen LogP contribution is 2.38. The molecule has 1 aliphatic heterocycles. The Balaban J connectivity index is 1.84. The number of halogens is 1. The summed E-state index contributed by atoms with van der Waals surface area (Å²) in [6.45, 7) is 5.36. The molecule has 0 radical (unpaired) electrons. The van der Waals surface area contributed by atoms with Gasteiger partial charge in [-0.15, -0.1) is 0 Å². The van der Waals surface area contributed by atoms with E-state index in [1.807, 2.05) is 6.92 Å². The largest absolute Gasteiger partial charge is 0.506 e. The van der Waals surface area contributed by atoms with Crippen molar-refractivity contribution < 1.29 is 14.6 Å². The Morgan fingerprint density at radius 2 is 1.93 bits per heavy atom. The van der Waals surface area contributed by atoms with Crippen LogP contribution in [-0.2, 0) is 0 Å². The van der Waals surface area contributed by atoms with Gasteiger partial charge in [0.1, 0.15) is 11.3 Å². The Hall–Kier alpha value is -2.54. The quantitative estimate of drug-likeness (QED) is 0.581. The van der Waals surface area contributed by atoms with E-state index in [0.29, 0.717) is 23.1 Å². The Labute approximate surface area is 179 Å². The summed E-state index contributed by atoms with van der Waals surface area (Å²) >= 11 is 6.02. The fraction of sp³-hybridized carbons (Fsp3) is 0.348. The number of phenolic OH excluding ortho intramolecular Hbond substituents is 1. The number of nitrogens with zero attached hydrogens (tertiary/aromatic N) is 1. The first-order valence-corrected chi connectivity index (χ1v) is 10.5. The standard InChI is InChI=1S/C23H25ClN2O4/c1-13-10-16(14-4-7-26(8-5-14)9-6-25)23-17(11-13)20(28)21(29)22(30-23)15-2-3-19(27)18(24)12-15/h2-3,10-12,14,27,29H,4-9,25H2,1H3. The van der Waals surface area contributed by atoms with E-state index in [2.05, 4.69) is 11.0 Å². The minimum atomic E-state index is -0.471. The summed E-state index contributed by atoms with van der Waals surface area (Å²) in [4.78, 5) is 15.3. The van der Waals surface area contributed by atoms with Crippen molar-refractivity contribution in [1.29, 1.82) is 0 Å². The summed E-state index contributed by atoms with van der Waals surface area (Å²) in [6, 6.07) is 8.26. The summed E-state index contributed by atoms with van der Waals surface area (Å²) < 4.78 is 6.14. The third kappa shape index (κ3) is 3.78. The molecule has 0 atom stereocenters. The molecule has 7 heteroatoms. The van der Waals surface area contributed by atoms with Gasteiger partial charge in [-0.05, 0) is 74.2 Å². The van der Waals surface area contributed by atoms with Crippen molar-refractivity contribution in [2.24, 2.45) is 5.73 Å². The van der Waals surface area contributed by atoms with Gasteiger partial charge in [-0.25, -0.2) is 0 Å². The van der Waals surface area contributed by atoms with Crippen molar-refractivity contribution >= 4 is 22.6 Å². The van der Waals surface area contributed by atoms with Crippen molar-refractivity contribution in [1.82, 2.24) is 4.90 Å². The van der Waals surface area contributed by atoms with Gasteiger partial charge in [-0.3, -0.25) is 4.79 Å². The molecule has 0 unspecified atom stereocenters. The Bertz CT molecular complexity index is 1150. The number of aromatic hydroxyl groups is 2. The van der Waals surface area contributed by atoms with E-state index in [4.69, 9.17) is 21.8 Å². The third-order valence-electron chi connectivity index (χ3n) is 5.82. The van der Waals surface area contributed by atoms with Gasteiger partial charge >= 0.3 is 0 Å². The van der Waals surface area contributed by atoms with Crippen molar-refractivity contribution in [3.8, 4) is 22.8 Å². The second-order valence-corrected chi connectivity index (χ2v) is 8.32. The van der Waals surface area contributed by atoms with Crippen LogP contribution in [0, 0.1) is 6.92 Å². The molecule has 2 aromatic carbocycles. The molecule has 4 N–H and O–H groups in total. The minimum Gasteiger partial charge on any atom is -0.506 e. The maximum Gasteiger partial charge on any atom is 0.235 e. The first kappa shape index (κ1) is 20.7. The lowest BCUT2D eigenvalue weighted by molar-refractivity contribution is 0.217. The average molecular weight is 429 g/mol. The van der Waals surface area contributed by atoms with E-state index in [0.717, 1.165) is 43.6 Å². The van der Waals surface area contributed by atoms with Gasteiger partial charge in [0, 0.05) is 18.7 Å². The van der Waals surface area contributed by atoms with E-state index in [9.17, 15) is 15.0 Å². The number of rotatable bonds is 4. The molecule has 1 aliphatic rings. The molecule has 0 amide bonds. The molecule has 0 aliphatic carbocycles. The van der Waals surface area contributed by atoms with Crippen molar-refractivity contribution in [2.75, 3.05) is 26.2 Å². The number of phenols is 1. The van der Waals surface area contributed by atoms with Crippen LogP contribution in [0.4, 0.5) is 0 Å². The topological polar surface area (TPSA) is 99.9 Å². The van der Waals surface area contributed by atoms with Gasteiger partial charge in [-0.1, -0.05) is 17.7 Å². The second-order valence-electron chi connectivity index (χ2n) is 7.91. The molecule has 3 aromatic rings. The number of benzene rings is 2. The molecule has 0 bridgehead atoms. The molecular formula is C23H25ClN2O4. The summed E-state index contributed by atoms with van der Waals surface area (Å²) in [5, 5.41) is 20.7. The van der Waals surface area contributed by atoms with Crippen molar-refractivity contribution in [2.45, 2.75) is 25.7 Å². The fourth-order valence-corrected chi connectivity index (χ4v) is 4.44. The molecule has 1 fully saturated rings. The van der Waals surface area contributed by atoms with Crippen LogP contribution >= 0.6 is 11.6 Å². The Kier molecular flexibility index (Phi) is 5.73. The highest BCUT2D eigenvalue weighted by atomic mass is 35.5. The van der Waals surface area contributed by atoms with E-state index >= 15 is 0 Å². The SMILES string of the molecule is Cc1cc(C2CCN(CCN)CC2)c2oc(-c3ccc(O)c(Cl)c3)c(O)c(=O)c2c1. The number of nitrogens with two attached hydrogens (primary N) is 1. The molecule has 1 saturated heterocycles. The third-order valence-corrected chi connectivity index (χ3v) is 6.13. The Morgan fingerprint density at radius 1 is 1.20 bits per heavy atom. The summed E-state index contributed by atoms with van der Waals surface area (Å²) in [7, 11) is 0. The lowest BCUT2D eigenvalue weighted by Crippen LogP contribution is -2.36. The van der Waals surface area contributed by atoms with Gasteiger partial charge < -0.3 is 25.3 Å². The molecule has 6 nitrogen and oxygen atoms in total. The summed E-state index contributed by atoms with van der Waals surface area (Å²) in [5.74, 6) is -0.229. The number of hydrogen-bond donors (Lipinski definition) is 3. The zero-order chi connectivity index (χ0) is 21.4. The molecule has 1 aromatic heterocycles. The lowest BCUT2D eigenvalue weighted by atomic mass is 9.87. The minimum absolute atomic E-state index is 0.0556. The fourth-order valence-electron chi connectivity index (χ4n) is 4.26. The molecule has 0 saturated carbocycles.